The van der Waals surface area contributed by atoms with E-state index in [1.54, 1.807) is 7.11 Å². The van der Waals surface area contributed by atoms with Crippen molar-refractivity contribution in [3.63, 3.8) is 0 Å². The second kappa shape index (κ2) is 7.33. The van der Waals surface area contributed by atoms with Crippen LogP contribution in [-0.4, -0.2) is 19.6 Å². The molecule has 0 saturated carbocycles. The molecule has 18 heavy (non-hydrogen) atoms. The number of benzene rings is 1. The highest BCUT2D eigenvalue weighted by Gasteiger charge is 2.05. The average molecular weight is 246 g/mol. The number of carbonyl (C=O) groups is 1. The molecule has 1 aromatic carbocycles. The Morgan fingerprint density at radius 2 is 2.28 bits per heavy atom. The molecule has 96 valence electrons. The van der Waals surface area contributed by atoms with Crippen LogP contribution in [0.25, 0.3) is 0 Å². The first kappa shape index (κ1) is 14.0. The molecule has 0 spiro atoms. The molecule has 0 aromatic heterocycles. The summed E-state index contributed by atoms with van der Waals surface area (Å²) in [6.07, 6.45) is 1.58. The van der Waals surface area contributed by atoms with Crippen molar-refractivity contribution in [1.82, 2.24) is 5.32 Å². The highest BCUT2D eigenvalue weighted by molar-refractivity contribution is 5.77. The van der Waals surface area contributed by atoms with Gasteiger partial charge in [-0.15, -0.1) is 0 Å². The quantitative estimate of drug-likeness (QED) is 0.833. The van der Waals surface area contributed by atoms with Gasteiger partial charge in [0.2, 0.25) is 5.91 Å². The van der Waals surface area contributed by atoms with Gasteiger partial charge in [0.05, 0.1) is 13.2 Å². The van der Waals surface area contributed by atoms with E-state index in [1.807, 2.05) is 18.2 Å². The molecule has 0 aliphatic carbocycles. The van der Waals surface area contributed by atoms with Gasteiger partial charge < -0.3 is 10.1 Å². The minimum atomic E-state index is -0.233. The van der Waals surface area contributed by atoms with Crippen LogP contribution < -0.4 is 10.1 Å². The number of nitriles is 1. The Hall–Kier alpha value is -2.02. The molecule has 4 heteroatoms. The normalized spacial score (nSPS) is 9.61. The van der Waals surface area contributed by atoms with E-state index in [9.17, 15) is 4.79 Å². The largest absolute Gasteiger partial charge is 0.496 e. The number of ether oxygens (including phenoxy) is 1. The molecule has 4 nitrogen and oxygen atoms in total. The van der Waals surface area contributed by atoms with Crippen LogP contribution >= 0.6 is 0 Å². The third kappa shape index (κ3) is 4.10. The number of carbonyl (C=O) groups excluding carboxylic acids is 1. The summed E-state index contributed by atoms with van der Waals surface area (Å²) in [7, 11) is 1.64. The summed E-state index contributed by atoms with van der Waals surface area (Å²) in [5, 5.41) is 11.1. The fraction of sp³-hybridized carbons (Fsp3) is 0.429. The van der Waals surface area contributed by atoms with Gasteiger partial charge in [0, 0.05) is 6.54 Å². The van der Waals surface area contributed by atoms with Crippen molar-refractivity contribution in [3.05, 3.63) is 29.3 Å². The Morgan fingerprint density at radius 3 is 2.89 bits per heavy atom. The molecular weight excluding hydrogens is 228 g/mol. The minimum Gasteiger partial charge on any atom is -0.496 e. The number of rotatable bonds is 6. The van der Waals surface area contributed by atoms with Crippen molar-refractivity contribution < 1.29 is 9.53 Å². The van der Waals surface area contributed by atoms with Gasteiger partial charge in [-0.25, -0.2) is 0 Å². The molecule has 0 bridgehead atoms. The van der Waals surface area contributed by atoms with Crippen molar-refractivity contribution in [1.29, 1.82) is 5.26 Å². The van der Waals surface area contributed by atoms with E-state index in [2.05, 4.69) is 18.3 Å². The smallest absolute Gasteiger partial charge is 0.234 e. The van der Waals surface area contributed by atoms with Gasteiger partial charge in [-0.3, -0.25) is 4.79 Å². The van der Waals surface area contributed by atoms with Crippen molar-refractivity contribution in [2.45, 2.75) is 26.2 Å². The fourth-order valence-electron chi connectivity index (χ4n) is 1.72. The third-order valence-corrected chi connectivity index (χ3v) is 2.71. The fourth-order valence-corrected chi connectivity index (χ4v) is 1.72. The van der Waals surface area contributed by atoms with E-state index >= 15 is 0 Å². The Morgan fingerprint density at radius 1 is 1.50 bits per heavy atom. The molecule has 0 unspecified atom stereocenters. The van der Waals surface area contributed by atoms with Crippen LogP contribution in [0.15, 0.2) is 18.2 Å². The summed E-state index contributed by atoms with van der Waals surface area (Å²) in [6, 6.07) is 7.90. The predicted octanol–water partition coefficient (Wildman–Crippen LogP) is 1.83. The molecule has 1 amide bonds. The van der Waals surface area contributed by atoms with Gasteiger partial charge in [0.1, 0.15) is 12.2 Å². The molecule has 0 atom stereocenters. The summed E-state index contributed by atoms with van der Waals surface area (Å²) in [4.78, 5) is 11.1. The van der Waals surface area contributed by atoms with Crippen molar-refractivity contribution in [3.8, 4) is 11.8 Å². The topological polar surface area (TPSA) is 62.1 Å². The lowest BCUT2D eigenvalue weighted by Crippen LogP contribution is -2.25. The Balaban J connectivity index is 2.60. The lowest BCUT2D eigenvalue weighted by atomic mass is 10.1. The number of hydrogen-bond acceptors (Lipinski definition) is 3. The zero-order valence-electron chi connectivity index (χ0n) is 10.8. The summed E-state index contributed by atoms with van der Waals surface area (Å²) in [6.45, 7) is 2.62. The highest BCUT2D eigenvalue weighted by atomic mass is 16.5. The zero-order valence-corrected chi connectivity index (χ0v) is 10.8. The molecule has 0 fully saturated rings. The van der Waals surface area contributed by atoms with E-state index in [4.69, 9.17) is 10.00 Å². The minimum absolute atomic E-state index is 0.0911. The lowest BCUT2D eigenvalue weighted by molar-refractivity contribution is -0.120. The van der Waals surface area contributed by atoms with E-state index in [0.29, 0.717) is 13.0 Å². The zero-order chi connectivity index (χ0) is 13.4. The lowest BCUT2D eigenvalue weighted by Gasteiger charge is -2.10. The van der Waals surface area contributed by atoms with Gasteiger partial charge in [0.25, 0.3) is 0 Å². The maximum Gasteiger partial charge on any atom is 0.234 e. The van der Waals surface area contributed by atoms with Crippen molar-refractivity contribution in [2.75, 3.05) is 13.7 Å². The average Bonchev–Trinajstić information content (AvgIpc) is 2.39. The number of nitrogens with zero attached hydrogens (tertiary/aromatic N) is 1. The van der Waals surface area contributed by atoms with E-state index in [1.165, 1.54) is 5.56 Å². The van der Waals surface area contributed by atoms with Crippen LogP contribution in [0.1, 0.15) is 24.5 Å². The van der Waals surface area contributed by atoms with Crippen LogP contribution in [-0.2, 0) is 17.6 Å². The number of methoxy groups -OCH3 is 1. The molecule has 0 saturated heterocycles. The van der Waals surface area contributed by atoms with Crippen LogP contribution in [0.2, 0.25) is 0 Å². The molecule has 0 heterocycles. The molecule has 1 aromatic rings. The molecular formula is C14H18N2O2. The van der Waals surface area contributed by atoms with E-state index in [-0.39, 0.29) is 12.3 Å². The molecule has 0 radical (unpaired) electrons. The van der Waals surface area contributed by atoms with Crippen LogP contribution in [0.4, 0.5) is 0 Å². The first-order chi connectivity index (χ1) is 8.71. The molecule has 0 aliphatic rings. The summed E-state index contributed by atoms with van der Waals surface area (Å²) >= 11 is 0. The number of aryl methyl sites for hydroxylation is 1. The summed E-state index contributed by atoms with van der Waals surface area (Å²) < 4.78 is 5.28. The second-order valence-corrected chi connectivity index (χ2v) is 3.93. The number of hydrogen-bond donors (Lipinski definition) is 1. The van der Waals surface area contributed by atoms with Crippen LogP contribution in [0.5, 0.6) is 5.75 Å². The molecule has 1 rings (SSSR count). The molecule has 0 aliphatic heterocycles. The first-order valence-corrected chi connectivity index (χ1v) is 6.00. The van der Waals surface area contributed by atoms with Gasteiger partial charge in [0.15, 0.2) is 0 Å². The predicted molar refractivity (Wildman–Crippen MR) is 69.3 cm³/mol. The maximum atomic E-state index is 11.1. The van der Waals surface area contributed by atoms with Crippen molar-refractivity contribution >= 4 is 5.91 Å². The van der Waals surface area contributed by atoms with Gasteiger partial charge in [-0.2, -0.15) is 5.26 Å². The third-order valence-electron chi connectivity index (χ3n) is 2.71. The standard InChI is InChI=1S/C14H18N2O2/c1-3-11-4-5-13(18-2)12(10-11)7-9-16-14(17)6-8-15/h4-5,10H,3,6-7,9H2,1-2H3,(H,16,17). The first-order valence-electron chi connectivity index (χ1n) is 6.00. The van der Waals surface area contributed by atoms with Gasteiger partial charge in [-0.1, -0.05) is 19.1 Å². The summed E-state index contributed by atoms with van der Waals surface area (Å²) in [5.74, 6) is 0.602. The van der Waals surface area contributed by atoms with E-state index < -0.39 is 0 Å². The summed E-state index contributed by atoms with van der Waals surface area (Å²) in [5.41, 5.74) is 2.32. The maximum absolute atomic E-state index is 11.1. The van der Waals surface area contributed by atoms with Crippen molar-refractivity contribution in [2.24, 2.45) is 0 Å². The van der Waals surface area contributed by atoms with E-state index in [0.717, 1.165) is 17.7 Å². The molecule has 1 N–H and O–H groups in total. The highest BCUT2D eigenvalue weighted by Crippen LogP contribution is 2.20. The Bertz CT molecular complexity index is 450. The monoisotopic (exact) mass is 246 g/mol. The van der Waals surface area contributed by atoms with Crippen LogP contribution in [0.3, 0.4) is 0 Å². The SMILES string of the molecule is CCc1ccc(OC)c(CCNC(=O)CC#N)c1. The number of nitrogens with one attached hydrogen (secondary N) is 1. The Labute approximate surface area is 108 Å². The van der Waals surface area contributed by atoms with Crippen LogP contribution in [0, 0.1) is 11.3 Å². The van der Waals surface area contributed by atoms with Gasteiger partial charge in [-0.05, 0) is 30.0 Å². The second-order valence-electron chi connectivity index (χ2n) is 3.93. The van der Waals surface area contributed by atoms with Gasteiger partial charge >= 0.3 is 0 Å². The Kier molecular flexibility index (Phi) is 5.72. The number of amides is 1.